The Bertz CT molecular complexity index is 684. The average Bonchev–Trinajstić information content (AvgIpc) is 2.64. The molecule has 0 aliphatic rings. The zero-order valence-corrected chi connectivity index (χ0v) is 15.1. The molecule has 2 aromatic rings. The minimum atomic E-state index is -0.555. The fourth-order valence-corrected chi connectivity index (χ4v) is 2.73. The molecule has 0 aliphatic heterocycles. The normalized spacial score (nSPS) is 11.8. The second kappa shape index (κ2) is 9.02. The van der Waals surface area contributed by atoms with E-state index in [0.29, 0.717) is 6.54 Å². The topological polar surface area (TPSA) is 49.4 Å². The first-order valence-corrected chi connectivity index (χ1v) is 8.73. The van der Waals surface area contributed by atoms with E-state index in [2.05, 4.69) is 5.32 Å². The highest BCUT2D eigenvalue weighted by molar-refractivity contribution is 6.35. The van der Waals surface area contributed by atoms with Crippen molar-refractivity contribution in [2.45, 2.75) is 45.8 Å². The number of rotatable bonds is 6. The van der Waals surface area contributed by atoms with Crippen LogP contribution in [0.5, 0.6) is 0 Å². The van der Waals surface area contributed by atoms with E-state index in [1.54, 1.807) is 4.90 Å². The van der Waals surface area contributed by atoms with Gasteiger partial charge in [-0.2, -0.15) is 0 Å². The van der Waals surface area contributed by atoms with Gasteiger partial charge in [0.2, 0.25) is 0 Å². The summed E-state index contributed by atoms with van der Waals surface area (Å²) in [5.74, 6) is -1.05. The molecule has 2 amide bonds. The van der Waals surface area contributed by atoms with Crippen molar-refractivity contribution in [2.75, 3.05) is 0 Å². The van der Waals surface area contributed by atoms with Gasteiger partial charge in [-0.25, -0.2) is 0 Å². The highest BCUT2D eigenvalue weighted by atomic mass is 16.2. The number of nitrogens with one attached hydrogen (secondary N) is 1. The molecule has 2 rings (SSSR count). The maximum atomic E-state index is 12.7. The highest BCUT2D eigenvalue weighted by Crippen LogP contribution is 2.16. The number of carbonyl (C=O) groups excluding carboxylic acids is 2. The zero-order valence-electron chi connectivity index (χ0n) is 15.1. The molecule has 25 heavy (non-hydrogen) atoms. The first-order valence-electron chi connectivity index (χ1n) is 8.73. The van der Waals surface area contributed by atoms with Crippen LogP contribution in [0.2, 0.25) is 0 Å². The third kappa shape index (κ3) is 5.18. The van der Waals surface area contributed by atoms with Crippen LogP contribution in [0.15, 0.2) is 60.7 Å². The zero-order chi connectivity index (χ0) is 18.2. The second-order valence-corrected chi connectivity index (χ2v) is 6.36. The molecule has 0 fully saturated rings. The van der Waals surface area contributed by atoms with Crippen molar-refractivity contribution in [1.82, 2.24) is 10.2 Å². The SMILES string of the molecule is CCC(NC(=O)C(=O)N(Cc1ccccc1)C(C)C)c1ccccc1. The maximum absolute atomic E-state index is 12.7. The van der Waals surface area contributed by atoms with Gasteiger partial charge in [0.25, 0.3) is 0 Å². The van der Waals surface area contributed by atoms with Crippen LogP contribution in [0.25, 0.3) is 0 Å². The molecule has 0 saturated heterocycles. The minimum Gasteiger partial charge on any atom is -0.341 e. The van der Waals surface area contributed by atoms with Gasteiger partial charge in [-0.15, -0.1) is 0 Å². The molecule has 1 atom stereocenters. The van der Waals surface area contributed by atoms with Crippen LogP contribution >= 0.6 is 0 Å². The van der Waals surface area contributed by atoms with Crippen LogP contribution in [0.3, 0.4) is 0 Å². The Balaban J connectivity index is 2.08. The molecule has 0 heterocycles. The van der Waals surface area contributed by atoms with Gasteiger partial charge in [0.15, 0.2) is 0 Å². The quantitative estimate of drug-likeness (QED) is 0.817. The number of amides is 2. The van der Waals surface area contributed by atoms with Gasteiger partial charge in [-0.3, -0.25) is 9.59 Å². The number of carbonyl (C=O) groups is 2. The summed E-state index contributed by atoms with van der Waals surface area (Å²) >= 11 is 0. The number of hydrogen-bond acceptors (Lipinski definition) is 2. The van der Waals surface area contributed by atoms with Crippen molar-refractivity contribution in [3.05, 3.63) is 71.8 Å². The monoisotopic (exact) mass is 338 g/mol. The molecule has 132 valence electrons. The molecule has 4 heteroatoms. The van der Waals surface area contributed by atoms with E-state index in [1.165, 1.54) is 0 Å². The third-order valence-corrected chi connectivity index (χ3v) is 4.19. The molecular formula is C21H26N2O2. The van der Waals surface area contributed by atoms with Crippen molar-refractivity contribution in [1.29, 1.82) is 0 Å². The average molecular weight is 338 g/mol. The lowest BCUT2D eigenvalue weighted by Gasteiger charge is -2.27. The highest BCUT2D eigenvalue weighted by Gasteiger charge is 2.26. The minimum absolute atomic E-state index is 0.0599. The van der Waals surface area contributed by atoms with Crippen molar-refractivity contribution in [3.8, 4) is 0 Å². The van der Waals surface area contributed by atoms with Crippen LogP contribution in [0.1, 0.15) is 44.4 Å². The predicted molar refractivity (Wildman–Crippen MR) is 99.7 cm³/mol. The molecule has 0 radical (unpaired) electrons. The van der Waals surface area contributed by atoms with E-state index in [-0.39, 0.29) is 12.1 Å². The van der Waals surface area contributed by atoms with Crippen LogP contribution in [-0.2, 0) is 16.1 Å². The molecule has 1 unspecified atom stereocenters. The van der Waals surface area contributed by atoms with Gasteiger partial charge < -0.3 is 10.2 Å². The molecule has 1 N–H and O–H groups in total. The van der Waals surface area contributed by atoms with Crippen LogP contribution in [0.4, 0.5) is 0 Å². The van der Waals surface area contributed by atoms with Crippen molar-refractivity contribution in [3.63, 3.8) is 0 Å². The molecule has 0 aliphatic carbocycles. The van der Waals surface area contributed by atoms with E-state index >= 15 is 0 Å². The summed E-state index contributed by atoms with van der Waals surface area (Å²) in [5.41, 5.74) is 2.01. The van der Waals surface area contributed by atoms with Crippen LogP contribution in [-0.4, -0.2) is 22.8 Å². The van der Waals surface area contributed by atoms with E-state index in [0.717, 1.165) is 17.5 Å². The fourth-order valence-electron chi connectivity index (χ4n) is 2.73. The summed E-state index contributed by atoms with van der Waals surface area (Å²) in [4.78, 5) is 26.8. The summed E-state index contributed by atoms with van der Waals surface area (Å²) in [6, 6.07) is 19.2. The second-order valence-electron chi connectivity index (χ2n) is 6.36. The van der Waals surface area contributed by atoms with Crippen molar-refractivity contribution in [2.24, 2.45) is 0 Å². The largest absolute Gasteiger partial charge is 0.341 e. The lowest BCUT2D eigenvalue weighted by Crippen LogP contribution is -2.46. The Labute approximate surface area is 149 Å². The Morgan fingerprint density at radius 3 is 2.04 bits per heavy atom. The Hall–Kier alpha value is -2.62. The molecule has 0 aromatic heterocycles. The lowest BCUT2D eigenvalue weighted by molar-refractivity contribution is -0.147. The van der Waals surface area contributed by atoms with Gasteiger partial charge in [0.05, 0.1) is 6.04 Å². The molecular weight excluding hydrogens is 312 g/mol. The molecule has 2 aromatic carbocycles. The Morgan fingerprint density at radius 2 is 1.52 bits per heavy atom. The summed E-state index contributed by atoms with van der Waals surface area (Å²) in [5, 5.41) is 2.87. The molecule has 0 bridgehead atoms. The summed E-state index contributed by atoms with van der Waals surface area (Å²) in [7, 11) is 0. The number of hydrogen-bond donors (Lipinski definition) is 1. The van der Waals surface area contributed by atoms with Gasteiger partial charge in [0, 0.05) is 12.6 Å². The van der Waals surface area contributed by atoms with E-state index < -0.39 is 11.8 Å². The molecule has 4 nitrogen and oxygen atoms in total. The van der Waals surface area contributed by atoms with Gasteiger partial charge in [0.1, 0.15) is 0 Å². The first-order chi connectivity index (χ1) is 12.0. The lowest BCUT2D eigenvalue weighted by atomic mass is 10.0. The Morgan fingerprint density at radius 1 is 0.960 bits per heavy atom. The fraction of sp³-hybridized carbons (Fsp3) is 0.333. The summed E-state index contributed by atoms with van der Waals surface area (Å²) < 4.78 is 0. The first kappa shape index (κ1) is 18.7. The van der Waals surface area contributed by atoms with Crippen LogP contribution < -0.4 is 5.32 Å². The smallest absolute Gasteiger partial charge is 0.312 e. The van der Waals surface area contributed by atoms with Crippen LogP contribution in [0, 0.1) is 0 Å². The van der Waals surface area contributed by atoms with Gasteiger partial charge in [-0.1, -0.05) is 67.6 Å². The third-order valence-electron chi connectivity index (χ3n) is 4.19. The van der Waals surface area contributed by atoms with E-state index in [1.807, 2.05) is 81.4 Å². The summed E-state index contributed by atoms with van der Waals surface area (Å²) in [6.07, 6.45) is 0.726. The van der Waals surface area contributed by atoms with Gasteiger partial charge >= 0.3 is 11.8 Å². The Kier molecular flexibility index (Phi) is 6.75. The van der Waals surface area contributed by atoms with Crippen molar-refractivity contribution >= 4 is 11.8 Å². The van der Waals surface area contributed by atoms with E-state index in [9.17, 15) is 9.59 Å². The van der Waals surface area contributed by atoms with Crippen molar-refractivity contribution < 1.29 is 9.59 Å². The molecule has 0 saturated carbocycles. The standard InChI is InChI=1S/C21H26N2O2/c1-4-19(18-13-9-6-10-14-18)22-20(24)21(25)23(16(2)3)15-17-11-7-5-8-12-17/h5-14,16,19H,4,15H2,1-3H3,(H,22,24). The summed E-state index contributed by atoms with van der Waals surface area (Å²) in [6.45, 7) is 6.25. The molecule has 0 spiro atoms. The van der Waals surface area contributed by atoms with Gasteiger partial charge in [-0.05, 0) is 31.4 Å². The van der Waals surface area contributed by atoms with E-state index in [4.69, 9.17) is 0 Å². The maximum Gasteiger partial charge on any atom is 0.312 e. The predicted octanol–water partition coefficient (Wildman–Crippen LogP) is 3.69. The number of nitrogens with zero attached hydrogens (tertiary/aromatic N) is 1. The number of benzene rings is 2.